The predicted molar refractivity (Wildman–Crippen MR) is 107 cm³/mol. The summed E-state index contributed by atoms with van der Waals surface area (Å²) in [5, 5.41) is 4.59. The summed E-state index contributed by atoms with van der Waals surface area (Å²) in [7, 11) is 2.06. The summed E-state index contributed by atoms with van der Waals surface area (Å²) in [6.45, 7) is 0.616. The third kappa shape index (κ3) is 2.92. The second kappa shape index (κ2) is 6.55. The van der Waals surface area contributed by atoms with Crippen molar-refractivity contribution in [1.29, 1.82) is 0 Å². The third-order valence-corrected chi connectivity index (χ3v) is 5.29. The molecule has 0 fully saturated rings. The van der Waals surface area contributed by atoms with Gasteiger partial charge in [-0.2, -0.15) is 0 Å². The molecule has 2 N–H and O–H groups in total. The second-order valence-electron chi connectivity index (χ2n) is 6.63. The first-order chi connectivity index (χ1) is 12.2. The Hall–Kier alpha value is -2.29. The van der Waals surface area contributed by atoms with Crippen molar-refractivity contribution in [2.24, 2.45) is 12.8 Å². The van der Waals surface area contributed by atoms with Gasteiger partial charge in [0, 0.05) is 35.1 Å². The van der Waals surface area contributed by atoms with Crippen LogP contribution >= 0.6 is 11.6 Å². The molecule has 0 bridgehead atoms. The van der Waals surface area contributed by atoms with Crippen molar-refractivity contribution in [3.05, 3.63) is 83.0 Å². The minimum Gasteiger partial charge on any atom is -0.350 e. The Morgan fingerprint density at radius 3 is 2.64 bits per heavy atom. The Labute approximate surface area is 152 Å². The molecule has 0 aliphatic heterocycles. The number of rotatable bonds is 4. The Bertz CT molecular complexity index is 1040. The van der Waals surface area contributed by atoms with Gasteiger partial charge in [-0.05, 0) is 47.0 Å². The van der Waals surface area contributed by atoms with Gasteiger partial charge in [0.1, 0.15) is 0 Å². The SMILES string of the molecule is Cn1cc(C(CN)Cc2cccc3ccccc23)c2ccc(Cl)cc21. The van der Waals surface area contributed by atoms with Crippen LogP contribution in [0.2, 0.25) is 5.02 Å². The van der Waals surface area contributed by atoms with Crippen molar-refractivity contribution >= 4 is 33.3 Å². The largest absolute Gasteiger partial charge is 0.350 e. The smallest absolute Gasteiger partial charge is 0.0495 e. The molecule has 3 heteroatoms. The highest BCUT2D eigenvalue weighted by Gasteiger charge is 2.17. The summed E-state index contributed by atoms with van der Waals surface area (Å²) in [4.78, 5) is 0. The highest BCUT2D eigenvalue weighted by atomic mass is 35.5. The first-order valence-corrected chi connectivity index (χ1v) is 8.96. The first kappa shape index (κ1) is 16.2. The van der Waals surface area contributed by atoms with Crippen LogP contribution in [-0.4, -0.2) is 11.1 Å². The van der Waals surface area contributed by atoms with E-state index in [1.54, 1.807) is 0 Å². The Balaban J connectivity index is 1.78. The fraction of sp³-hybridized carbons (Fsp3) is 0.182. The van der Waals surface area contributed by atoms with E-state index in [1.165, 1.54) is 27.3 Å². The second-order valence-corrected chi connectivity index (χ2v) is 7.07. The molecule has 4 rings (SSSR count). The van der Waals surface area contributed by atoms with Gasteiger partial charge in [-0.15, -0.1) is 0 Å². The number of benzene rings is 3. The molecule has 0 saturated heterocycles. The highest BCUT2D eigenvalue weighted by Crippen LogP contribution is 2.32. The maximum absolute atomic E-state index is 6.19. The van der Waals surface area contributed by atoms with Crippen LogP contribution in [0.1, 0.15) is 17.0 Å². The molecule has 126 valence electrons. The number of hydrogen-bond acceptors (Lipinski definition) is 1. The fourth-order valence-corrected chi connectivity index (χ4v) is 3.94. The molecule has 25 heavy (non-hydrogen) atoms. The Kier molecular flexibility index (Phi) is 4.24. The van der Waals surface area contributed by atoms with E-state index in [0.29, 0.717) is 6.54 Å². The average molecular weight is 349 g/mol. The van der Waals surface area contributed by atoms with E-state index in [2.05, 4.69) is 66.3 Å². The molecule has 0 spiro atoms. The number of halogens is 1. The number of hydrogen-bond donors (Lipinski definition) is 1. The van der Waals surface area contributed by atoms with Gasteiger partial charge in [-0.3, -0.25) is 0 Å². The van der Waals surface area contributed by atoms with Gasteiger partial charge in [0.2, 0.25) is 0 Å². The van der Waals surface area contributed by atoms with E-state index in [-0.39, 0.29) is 5.92 Å². The zero-order valence-electron chi connectivity index (χ0n) is 14.2. The zero-order valence-corrected chi connectivity index (χ0v) is 15.0. The number of nitrogens with zero attached hydrogens (tertiary/aromatic N) is 1. The Morgan fingerprint density at radius 1 is 1.00 bits per heavy atom. The molecular formula is C22H21ClN2. The van der Waals surface area contributed by atoms with E-state index in [4.69, 9.17) is 17.3 Å². The molecule has 0 radical (unpaired) electrons. The molecule has 4 aromatic rings. The van der Waals surface area contributed by atoms with Crippen LogP contribution in [-0.2, 0) is 13.5 Å². The summed E-state index contributed by atoms with van der Waals surface area (Å²) >= 11 is 6.17. The highest BCUT2D eigenvalue weighted by molar-refractivity contribution is 6.31. The quantitative estimate of drug-likeness (QED) is 0.535. The maximum Gasteiger partial charge on any atom is 0.0495 e. The van der Waals surface area contributed by atoms with Crippen LogP contribution in [0.25, 0.3) is 21.7 Å². The van der Waals surface area contributed by atoms with Crippen molar-refractivity contribution in [3.63, 3.8) is 0 Å². The van der Waals surface area contributed by atoms with Gasteiger partial charge >= 0.3 is 0 Å². The monoisotopic (exact) mass is 348 g/mol. The van der Waals surface area contributed by atoms with E-state index < -0.39 is 0 Å². The standard InChI is InChI=1S/C22H21ClN2/c1-25-14-21(20-10-9-18(23)12-22(20)25)17(13-24)11-16-7-4-6-15-5-2-3-8-19(15)16/h2-10,12,14,17H,11,13,24H2,1H3. The average Bonchev–Trinajstić information content (AvgIpc) is 2.96. The minimum absolute atomic E-state index is 0.274. The first-order valence-electron chi connectivity index (χ1n) is 8.58. The van der Waals surface area contributed by atoms with Crippen molar-refractivity contribution in [2.45, 2.75) is 12.3 Å². The van der Waals surface area contributed by atoms with Crippen LogP contribution in [0.5, 0.6) is 0 Å². The normalized spacial score (nSPS) is 12.8. The fourth-order valence-electron chi connectivity index (χ4n) is 3.77. The maximum atomic E-state index is 6.19. The van der Waals surface area contributed by atoms with E-state index in [1.807, 2.05) is 12.1 Å². The van der Waals surface area contributed by atoms with Gasteiger partial charge in [-0.25, -0.2) is 0 Å². The van der Waals surface area contributed by atoms with Crippen LogP contribution in [0.3, 0.4) is 0 Å². The van der Waals surface area contributed by atoms with Gasteiger partial charge in [-0.1, -0.05) is 60.1 Å². The molecule has 2 nitrogen and oxygen atoms in total. The van der Waals surface area contributed by atoms with Crippen molar-refractivity contribution < 1.29 is 0 Å². The molecule has 0 amide bonds. The summed E-state index contributed by atoms with van der Waals surface area (Å²) in [5.41, 5.74) is 9.99. The molecule has 1 heterocycles. The van der Waals surface area contributed by atoms with Crippen LogP contribution < -0.4 is 5.73 Å². The molecule has 1 unspecified atom stereocenters. The zero-order chi connectivity index (χ0) is 17.4. The van der Waals surface area contributed by atoms with Crippen molar-refractivity contribution in [3.8, 4) is 0 Å². The molecule has 0 aliphatic rings. The molecule has 1 aromatic heterocycles. The topological polar surface area (TPSA) is 30.9 Å². The van der Waals surface area contributed by atoms with E-state index in [9.17, 15) is 0 Å². The lowest BCUT2D eigenvalue weighted by Crippen LogP contribution is -2.15. The summed E-state index contributed by atoms with van der Waals surface area (Å²) in [5.74, 6) is 0.274. The predicted octanol–water partition coefficient (Wildman–Crippen LogP) is 5.27. The van der Waals surface area contributed by atoms with Gasteiger partial charge in [0.15, 0.2) is 0 Å². The molecule has 3 aromatic carbocycles. The Morgan fingerprint density at radius 2 is 1.80 bits per heavy atom. The van der Waals surface area contributed by atoms with Crippen LogP contribution in [0.4, 0.5) is 0 Å². The molecule has 0 aliphatic carbocycles. The van der Waals surface area contributed by atoms with Crippen molar-refractivity contribution in [1.82, 2.24) is 4.57 Å². The molecule has 0 saturated carbocycles. The number of nitrogens with two attached hydrogens (primary N) is 1. The van der Waals surface area contributed by atoms with Gasteiger partial charge in [0.25, 0.3) is 0 Å². The van der Waals surface area contributed by atoms with Crippen LogP contribution in [0, 0.1) is 0 Å². The lowest BCUT2D eigenvalue weighted by atomic mass is 9.89. The summed E-state index contributed by atoms with van der Waals surface area (Å²) < 4.78 is 2.14. The summed E-state index contributed by atoms with van der Waals surface area (Å²) in [6.07, 6.45) is 3.13. The minimum atomic E-state index is 0.274. The summed E-state index contributed by atoms with van der Waals surface area (Å²) in [6, 6.07) is 21.1. The van der Waals surface area contributed by atoms with Crippen LogP contribution in [0.15, 0.2) is 66.9 Å². The lowest BCUT2D eigenvalue weighted by Gasteiger charge is -2.16. The lowest BCUT2D eigenvalue weighted by molar-refractivity contribution is 0.699. The van der Waals surface area contributed by atoms with E-state index in [0.717, 1.165) is 17.0 Å². The van der Waals surface area contributed by atoms with Crippen molar-refractivity contribution in [2.75, 3.05) is 6.54 Å². The third-order valence-electron chi connectivity index (χ3n) is 5.05. The number of aryl methyl sites for hydroxylation is 1. The van der Waals surface area contributed by atoms with Gasteiger partial charge < -0.3 is 10.3 Å². The molecular weight excluding hydrogens is 328 g/mol. The number of aromatic nitrogens is 1. The number of fused-ring (bicyclic) bond motifs is 2. The van der Waals surface area contributed by atoms with Gasteiger partial charge in [0.05, 0.1) is 0 Å². The van der Waals surface area contributed by atoms with E-state index >= 15 is 0 Å². The molecule has 1 atom stereocenters.